The zero-order valence-electron chi connectivity index (χ0n) is 21.7. The zero-order chi connectivity index (χ0) is 28.4. The van der Waals surface area contributed by atoms with Crippen molar-refractivity contribution in [3.63, 3.8) is 0 Å². The molecule has 39 heavy (non-hydrogen) atoms. The number of halogens is 2. The molecule has 2 heterocycles. The molecule has 2 aliphatic carbocycles. The van der Waals surface area contributed by atoms with Gasteiger partial charge in [-0.1, -0.05) is 30.2 Å². The number of allylic oxidation sites excluding steroid dienone is 2. The molecule has 0 spiro atoms. The molecule has 0 radical (unpaired) electrons. The smallest absolute Gasteiger partial charge is 0.303 e. The van der Waals surface area contributed by atoms with E-state index in [1.807, 2.05) is 6.08 Å². The van der Waals surface area contributed by atoms with E-state index in [0.717, 1.165) is 4.90 Å². The summed E-state index contributed by atoms with van der Waals surface area (Å²) in [5, 5.41) is 19.0. The molecule has 208 valence electrons. The Kier molecular flexibility index (Phi) is 6.82. The molecule has 2 N–H and O–H groups in total. The topological polar surface area (TPSA) is 132 Å². The fraction of sp³-hybridized carbons (Fsp3) is 0.536. The summed E-state index contributed by atoms with van der Waals surface area (Å²) in [5.41, 5.74) is 1.84. The number of aliphatic carboxylic acids is 1. The highest BCUT2D eigenvalue weighted by atomic mass is 35.5. The number of rotatable bonds is 7. The van der Waals surface area contributed by atoms with Crippen LogP contribution >= 0.6 is 23.2 Å². The van der Waals surface area contributed by atoms with Crippen molar-refractivity contribution >= 4 is 52.8 Å². The second-order valence-electron chi connectivity index (χ2n) is 11.1. The number of alkyl halides is 2. The van der Waals surface area contributed by atoms with Gasteiger partial charge in [-0.05, 0) is 55.7 Å². The Morgan fingerprint density at radius 3 is 2.44 bits per heavy atom. The minimum absolute atomic E-state index is 0.0276. The highest BCUT2D eigenvalue weighted by molar-refractivity contribution is 6.53. The van der Waals surface area contributed by atoms with Crippen molar-refractivity contribution < 1.29 is 34.2 Å². The highest BCUT2D eigenvalue weighted by Gasteiger charge is 2.75. The minimum atomic E-state index is -1.85. The van der Waals surface area contributed by atoms with Crippen LogP contribution in [-0.4, -0.2) is 73.0 Å². The van der Waals surface area contributed by atoms with Crippen molar-refractivity contribution in [2.75, 3.05) is 13.6 Å². The third kappa shape index (κ3) is 3.91. The molecule has 4 amide bonds. The van der Waals surface area contributed by atoms with Crippen LogP contribution in [0.1, 0.15) is 55.6 Å². The third-order valence-electron chi connectivity index (χ3n) is 8.93. The van der Waals surface area contributed by atoms with Gasteiger partial charge in [0.1, 0.15) is 5.75 Å². The molecular formula is C28H30Cl2N2O7. The number of phenolic OH excluding ortho intramolecular Hbond substituents is 1. The van der Waals surface area contributed by atoms with Crippen molar-refractivity contribution in [1.29, 1.82) is 0 Å². The molecule has 4 aliphatic rings. The molecule has 1 saturated carbocycles. The largest absolute Gasteiger partial charge is 0.508 e. The molecular weight excluding hydrogens is 547 g/mol. The summed E-state index contributed by atoms with van der Waals surface area (Å²) in [5.74, 6) is -5.53. The lowest BCUT2D eigenvalue weighted by molar-refractivity contribution is -0.141. The maximum Gasteiger partial charge on any atom is 0.303 e. The molecule has 1 aromatic carbocycles. The van der Waals surface area contributed by atoms with Crippen LogP contribution < -0.4 is 0 Å². The number of imide groups is 2. The zero-order valence-corrected chi connectivity index (χ0v) is 23.2. The van der Waals surface area contributed by atoms with Gasteiger partial charge in [-0.25, -0.2) is 0 Å². The standard InChI is InChI=1S/C28H30Cl2N2O7/c1-14-12-15(7-10-19(14)33)22-16-8-9-17-21(24(37)32(23(17)36)11-5-3-4-6-20(34)35)18(16)13-27(29)25(38)31(2)26(39)28(22,27)30/h7-8,10,12,17-18,21-22,33H,3-6,9,11,13H2,1-2H3,(H,34,35). The van der Waals surface area contributed by atoms with Gasteiger partial charge in [-0.2, -0.15) is 0 Å². The van der Waals surface area contributed by atoms with Gasteiger partial charge in [0.15, 0.2) is 9.75 Å². The molecule has 5 rings (SSSR count). The molecule has 6 unspecified atom stereocenters. The maximum absolute atomic E-state index is 13.7. The monoisotopic (exact) mass is 576 g/mol. The molecule has 3 fully saturated rings. The molecule has 0 bridgehead atoms. The van der Waals surface area contributed by atoms with E-state index >= 15 is 0 Å². The number of nitrogens with zero attached hydrogens (tertiary/aromatic N) is 2. The predicted octanol–water partition coefficient (Wildman–Crippen LogP) is 3.33. The number of carboxylic acids is 1. The van der Waals surface area contributed by atoms with E-state index in [9.17, 15) is 29.1 Å². The lowest BCUT2D eigenvalue weighted by Crippen LogP contribution is -2.60. The second-order valence-corrected chi connectivity index (χ2v) is 12.3. The number of hydrogen-bond donors (Lipinski definition) is 2. The van der Waals surface area contributed by atoms with Crippen LogP contribution in [0.5, 0.6) is 5.75 Å². The number of aryl methyl sites for hydroxylation is 1. The Labute approximate surface area is 235 Å². The summed E-state index contributed by atoms with van der Waals surface area (Å²) >= 11 is 14.2. The Morgan fingerprint density at radius 2 is 1.77 bits per heavy atom. The molecule has 11 heteroatoms. The number of carbonyl (C=O) groups is 5. The van der Waals surface area contributed by atoms with E-state index in [4.69, 9.17) is 28.3 Å². The van der Waals surface area contributed by atoms with Crippen LogP contribution in [0.25, 0.3) is 0 Å². The van der Waals surface area contributed by atoms with Crippen molar-refractivity contribution in [2.45, 2.75) is 61.1 Å². The van der Waals surface area contributed by atoms with Gasteiger partial charge in [-0.15, -0.1) is 23.2 Å². The number of benzene rings is 1. The number of unbranched alkanes of at least 4 members (excludes halogenated alkanes) is 2. The average molecular weight is 577 g/mol. The molecule has 0 aromatic heterocycles. The van der Waals surface area contributed by atoms with E-state index in [1.54, 1.807) is 19.1 Å². The Morgan fingerprint density at radius 1 is 1.05 bits per heavy atom. The van der Waals surface area contributed by atoms with E-state index < -0.39 is 51.2 Å². The van der Waals surface area contributed by atoms with Crippen LogP contribution in [0.3, 0.4) is 0 Å². The summed E-state index contributed by atoms with van der Waals surface area (Å²) in [4.78, 5) is 63.3. The lowest BCUT2D eigenvalue weighted by Gasteiger charge is -2.50. The third-order valence-corrected chi connectivity index (χ3v) is 10.3. The first-order chi connectivity index (χ1) is 18.3. The first-order valence-corrected chi connectivity index (χ1v) is 13.9. The van der Waals surface area contributed by atoms with Gasteiger partial charge in [0.05, 0.1) is 11.8 Å². The number of fused-ring (bicyclic) bond motifs is 4. The van der Waals surface area contributed by atoms with Gasteiger partial charge in [-0.3, -0.25) is 33.8 Å². The first-order valence-electron chi connectivity index (χ1n) is 13.1. The van der Waals surface area contributed by atoms with Gasteiger partial charge in [0.2, 0.25) is 11.8 Å². The first kappa shape index (κ1) is 27.6. The van der Waals surface area contributed by atoms with Crippen LogP contribution in [-0.2, 0) is 24.0 Å². The van der Waals surface area contributed by atoms with Crippen LogP contribution in [0.2, 0.25) is 0 Å². The fourth-order valence-corrected chi connectivity index (χ4v) is 8.00. The number of amides is 4. The average Bonchev–Trinajstić information content (AvgIpc) is 3.20. The Bertz CT molecular complexity index is 1330. The van der Waals surface area contributed by atoms with Crippen molar-refractivity contribution in [3.8, 4) is 5.75 Å². The van der Waals surface area contributed by atoms with Crippen molar-refractivity contribution in [1.82, 2.24) is 9.80 Å². The molecule has 6 atom stereocenters. The van der Waals surface area contributed by atoms with Gasteiger partial charge >= 0.3 is 5.97 Å². The molecule has 2 saturated heterocycles. The number of hydrogen-bond acceptors (Lipinski definition) is 6. The summed E-state index contributed by atoms with van der Waals surface area (Å²) in [7, 11) is 1.34. The number of carbonyl (C=O) groups excluding carboxylic acids is 4. The van der Waals surface area contributed by atoms with E-state index in [2.05, 4.69) is 0 Å². The number of likely N-dealkylation sites (tertiary alicyclic amines) is 2. The van der Waals surface area contributed by atoms with E-state index in [-0.39, 0.29) is 43.4 Å². The highest BCUT2D eigenvalue weighted by Crippen LogP contribution is 2.65. The van der Waals surface area contributed by atoms with Gasteiger partial charge < -0.3 is 10.2 Å². The normalized spacial score (nSPS) is 33.7. The predicted molar refractivity (Wildman–Crippen MR) is 141 cm³/mol. The van der Waals surface area contributed by atoms with Crippen molar-refractivity contribution in [3.05, 3.63) is 41.0 Å². The summed E-state index contributed by atoms with van der Waals surface area (Å²) < 4.78 is 0. The van der Waals surface area contributed by atoms with Gasteiger partial charge in [0.25, 0.3) is 11.8 Å². The minimum Gasteiger partial charge on any atom is -0.508 e. The molecule has 2 aliphatic heterocycles. The quantitative estimate of drug-likeness (QED) is 0.220. The summed E-state index contributed by atoms with van der Waals surface area (Å²) in [6.07, 6.45) is 3.62. The SMILES string of the molecule is Cc1cc(C2C3=CCC4C(=O)N(CCCCCC(=O)O)C(=O)C4C3CC3(Cl)C(=O)N(C)C(=O)C23Cl)ccc1O. The molecule has 1 aromatic rings. The van der Waals surface area contributed by atoms with Crippen molar-refractivity contribution in [2.24, 2.45) is 17.8 Å². The van der Waals surface area contributed by atoms with Crippen LogP contribution in [0.15, 0.2) is 29.8 Å². The Balaban J connectivity index is 1.53. The van der Waals surface area contributed by atoms with Crippen LogP contribution in [0, 0.1) is 24.7 Å². The maximum atomic E-state index is 13.7. The second kappa shape index (κ2) is 9.63. The van der Waals surface area contributed by atoms with Crippen LogP contribution in [0.4, 0.5) is 0 Å². The van der Waals surface area contributed by atoms with Gasteiger partial charge in [0, 0.05) is 25.9 Å². The lowest BCUT2D eigenvalue weighted by atomic mass is 9.56. The molecule has 9 nitrogen and oxygen atoms in total. The van der Waals surface area contributed by atoms with E-state index in [0.29, 0.717) is 36.0 Å². The number of carboxylic acid groups (broad SMARTS) is 1. The summed E-state index contributed by atoms with van der Waals surface area (Å²) in [6.45, 7) is 1.90. The number of phenols is 1. The Hall–Kier alpha value is -2.91. The summed E-state index contributed by atoms with van der Waals surface area (Å²) in [6, 6.07) is 4.85. The fourth-order valence-electron chi connectivity index (χ4n) is 6.98. The number of aromatic hydroxyl groups is 1. The van der Waals surface area contributed by atoms with E-state index in [1.165, 1.54) is 18.0 Å².